The maximum atomic E-state index is 12.7. The molecule has 1 aliphatic heterocycles. The minimum absolute atomic E-state index is 0.312. The first-order valence-electron chi connectivity index (χ1n) is 8.93. The van der Waals surface area contributed by atoms with Gasteiger partial charge in [0.05, 0.1) is 14.2 Å². The van der Waals surface area contributed by atoms with Crippen LogP contribution in [0.3, 0.4) is 0 Å². The number of hydrogen-bond acceptors (Lipinski definition) is 6. The molecule has 1 N–H and O–H groups in total. The number of ether oxygens (including phenoxy) is 2. The van der Waals surface area contributed by atoms with Crippen LogP contribution >= 0.6 is 0 Å². The smallest absolute Gasteiger partial charge is 0.264 e. The van der Waals surface area contributed by atoms with Crippen molar-refractivity contribution in [3.8, 4) is 11.5 Å². The average molecular weight is 376 g/mol. The van der Waals surface area contributed by atoms with Crippen LogP contribution < -0.4 is 19.7 Å². The number of hydrogen-bond donors (Lipinski definition) is 1. The third-order valence-corrected chi connectivity index (χ3v) is 4.71. The zero-order valence-electron chi connectivity index (χ0n) is 15.7. The van der Waals surface area contributed by atoms with Crippen molar-refractivity contribution >= 4 is 23.2 Å². The Bertz CT molecular complexity index is 983. The highest BCUT2D eigenvalue weighted by atomic mass is 16.5. The van der Waals surface area contributed by atoms with Crippen LogP contribution in [0.25, 0.3) is 0 Å². The van der Waals surface area contributed by atoms with E-state index in [-0.39, 0.29) is 5.91 Å². The summed E-state index contributed by atoms with van der Waals surface area (Å²) in [5.74, 6) is 1.58. The Hall–Kier alpha value is -3.61. The average Bonchev–Trinajstić information content (AvgIpc) is 3.17. The zero-order valence-corrected chi connectivity index (χ0v) is 15.7. The van der Waals surface area contributed by atoms with Gasteiger partial charge in [-0.1, -0.05) is 24.3 Å². The number of methoxy groups -OCH3 is 2. The van der Waals surface area contributed by atoms with Gasteiger partial charge in [0.2, 0.25) is 0 Å². The third kappa shape index (κ3) is 3.22. The summed E-state index contributed by atoms with van der Waals surface area (Å²) in [5.41, 5.74) is 2.75. The molecule has 0 bridgehead atoms. The van der Waals surface area contributed by atoms with E-state index in [0.717, 1.165) is 24.5 Å². The van der Waals surface area contributed by atoms with Crippen LogP contribution in [-0.4, -0.2) is 36.9 Å². The molecule has 1 amide bonds. The normalized spacial score (nSPS) is 12.4. The van der Waals surface area contributed by atoms with Gasteiger partial charge in [-0.15, -0.1) is 10.2 Å². The molecule has 142 valence electrons. The highest BCUT2D eigenvalue weighted by Crippen LogP contribution is 2.33. The van der Waals surface area contributed by atoms with Gasteiger partial charge in [0.25, 0.3) is 5.91 Å². The second-order valence-corrected chi connectivity index (χ2v) is 6.30. The molecule has 0 radical (unpaired) electrons. The molecule has 0 unspecified atom stereocenters. The summed E-state index contributed by atoms with van der Waals surface area (Å²) in [5, 5.41) is 11.2. The number of carbonyl (C=O) groups is 1. The van der Waals surface area contributed by atoms with E-state index in [1.807, 2.05) is 18.2 Å². The maximum Gasteiger partial charge on any atom is 0.264 e. The maximum absolute atomic E-state index is 12.7. The van der Waals surface area contributed by atoms with Crippen LogP contribution in [0.1, 0.15) is 15.9 Å². The number of aromatic nitrogens is 2. The Morgan fingerprint density at radius 1 is 0.964 bits per heavy atom. The SMILES string of the molecule is COc1cccc(OC)c1C(=O)Nc1ccc(N2CCc3ccccc32)nn1. The molecule has 0 spiro atoms. The van der Waals surface area contributed by atoms with Gasteiger partial charge in [-0.05, 0) is 42.3 Å². The van der Waals surface area contributed by atoms with Crippen LogP contribution in [0.2, 0.25) is 0 Å². The molecular formula is C21H20N4O3. The highest BCUT2D eigenvalue weighted by Gasteiger charge is 2.22. The van der Waals surface area contributed by atoms with Crippen LogP contribution in [0, 0.1) is 0 Å². The quantitative estimate of drug-likeness (QED) is 0.735. The first-order chi connectivity index (χ1) is 13.7. The summed E-state index contributed by atoms with van der Waals surface area (Å²) in [4.78, 5) is 14.9. The predicted octanol–water partition coefficient (Wildman–Crippen LogP) is 3.44. The van der Waals surface area contributed by atoms with Crippen LogP contribution in [0.4, 0.5) is 17.3 Å². The topological polar surface area (TPSA) is 76.6 Å². The van der Waals surface area contributed by atoms with E-state index in [2.05, 4.69) is 32.5 Å². The Kier molecular flexibility index (Phi) is 4.80. The van der Waals surface area contributed by atoms with E-state index in [9.17, 15) is 4.79 Å². The second-order valence-electron chi connectivity index (χ2n) is 6.30. The number of nitrogens with zero attached hydrogens (tertiary/aromatic N) is 3. The molecule has 0 saturated heterocycles. The fraction of sp³-hybridized carbons (Fsp3) is 0.190. The number of para-hydroxylation sites is 1. The third-order valence-electron chi connectivity index (χ3n) is 4.71. The Morgan fingerprint density at radius 2 is 1.71 bits per heavy atom. The minimum Gasteiger partial charge on any atom is -0.496 e. The number of nitrogens with one attached hydrogen (secondary N) is 1. The number of rotatable bonds is 5. The summed E-state index contributed by atoms with van der Waals surface area (Å²) in [7, 11) is 3.02. The lowest BCUT2D eigenvalue weighted by Gasteiger charge is -2.18. The molecule has 1 aliphatic rings. The highest BCUT2D eigenvalue weighted by molar-refractivity contribution is 6.07. The summed E-state index contributed by atoms with van der Waals surface area (Å²) >= 11 is 0. The lowest BCUT2D eigenvalue weighted by atomic mass is 10.1. The number of carbonyl (C=O) groups excluding carboxylic acids is 1. The van der Waals surface area contributed by atoms with E-state index in [0.29, 0.717) is 22.9 Å². The van der Waals surface area contributed by atoms with Gasteiger partial charge < -0.3 is 19.7 Å². The number of anilines is 3. The lowest BCUT2D eigenvalue weighted by molar-refractivity contribution is 0.102. The van der Waals surface area contributed by atoms with Gasteiger partial charge in [-0.2, -0.15) is 0 Å². The number of amides is 1. The molecular weight excluding hydrogens is 356 g/mol. The largest absolute Gasteiger partial charge is 0.496 e. The molecule has 28 heavy (non-hydrogen) atoms. The van der Waals surface area contributed by atoms with Crippen LogP contribution in [0.15, 0.2) is 54.6 Å². The molecule has 0 aliphatic carbocycles. The Balaban J connectivity index is 1.54. The molecule has 7 heteroatoms. The summed E-state index contributed by atoms with van der Waals surface area (Å²) in [6.07, 6.45) is 0.976. The van der Waals surface area contributed by atoms with Crippen molar-refractivity contribution in [1.29, 1.82) is 0 Å². The Morgan fingerprint density at radius 3 is 2.39 bits per heavy atom. The van der Waals surface area contributed by atoms with E-state index in [1.54, 1.807) is 24.3 Å². The van der Waals surface area contributed by atoms with Gasteiger partial charge in [0.15, 0.2) is 11.6 Å². The molecule has 2 heterocycles. The summed E-state index contributed by atoms with van der Waals surface area (Å²) in [6, 6.07) is 17.0. The number of fused-ring (bicyclic) bond motifs is 1. The van der Waals surface area contributed by atoms with Crippen molar-refractivity contribution in [3.05, 3.63) is 65.7 Å². The first kappa shape index (κ1) is 17.8. The lowest BCUT2D eigenvalue weighted by Crippen LogP contribution is -2.18. The van der Waals surface area contributed by atoms with Gasteiger partial charge in [0.1, 0.15) is 17.1 Å². The van der Waals surface area contributed by atoms with E-state index >= 15 is 0 Å². The van der Waals surface area contributed by atoms with Crippen molar-refractivity contribution in [2.45, 2.75) is 6.42 Å². The molecule has 0 fully saturated rings. The van der Waals surface area contributed by atoms with Gasteiger partial charge in [0, 0.05) is 12.2 Å². The molecule has 0 atom stereocenters. The predicted molar refractivity (Wildman–Crippen MR) is 107 cm³/mol. The van der Waals surface area contributed by atoms with Crippen molar-refractivity contribution in [3.63, 3.8) is 0 Å². The van der Waals surface area contributed by atoms with Crippen molar-refractivity contribution < 1.29 is 14.3 Å². The van der Waals surface area contributed by atoms with Gasteiger partial charge in [-0.25, -0.2) is 0 Å². The molecule has 7 nitrogen and oxygen atoms in total. The molecule has 2 aromatic carbocycles. The van der Waals surface area contributed by atoms with Crippen LogP contribution in [-0.2, 0) is 6.42 Å². The van der Waals surface area contributed by atoms with E-state index < -0.39 is 0 Å². The molecule has 3 aromatic rings. The standard InChI is InChI=1S/C21H20N4O3/c1-27-16-8-5-9-17(28-2)20(16)21(26)22-18-10-11-19(24-23-18)25-13-12-14-6-3-4-7-15(14)25/h3-11H,12-13H2,1-2H3,(H,22,23,26). The van der Waals surface area contributed by atoms with Gasteiger partial charge in [-0.3, -0.25) is 4.79 Å². The first-order valence-corrected chi connectivity index (χ1v) is 8.93. The van der Waals surface area contributed by atoms with Gasteiger partial charge >= 0.3 is 0 Å². The van der Waals surface area contributed by atoms with E-state index in [4.69, 9.17) is 9.47 Å². The van der Waals surface area contributed by atoms with Crippen molar-refractivity contribution in [2.24, 2.45) is 0 Å². The van der Waals surface area contributed by atoms with Crippen molar-refractivity contribution in [2.75, 3.05) is 31.0 Å². The molecule has 0 saturated carbocycles. The fourth-order valence-corrected chi connectivity index (χ4v) is 3.37. The summed E-state index contributed by atoms with van der Waals surface area (Å²) in [6.45, 7) is 0.859. The second kappa shape index (κ2) is 7.56. The minimum atomic E-state index is -0.372. The Labute approximate surface area is 162 Å². The molecule has 1 aromatic heterocycles. The fourth-order valence-electron chi connectivity index (χ4n) is 3.37. The van der Waals surface area contributed by atoms with Crippen molar-refractivity contribution in [1.82, 2.24) is 10.2 Å². The van der Waals surface area contributed by atoms with E-state index in [1.165, 1.54) is 19.8 Å². The zero-order chi connectivity index (χ0) is 19.5. The molecule has 4 rings (SSSR count). The monoisotopic (exact) mass is 376 g/mol. The number of benzene rings is 2. The summed E-state index contributed by atoms with van der Waals surface area (Å²) < 4.78 is 10.6. The van der Waals surface area contributed by atoms with Crippen LogP contribution in [0.5, 0.6) is 11.5 Å².